The van der Waals surface area contributed by atoms with Crippen LogP contribution in [0.3, 0.4) is 0 Å². The summed E-state index contributed by atoms with van der Waals surface area (Å²) < 4.78 is 67.2. The van der Waals surface area contributed by atoms with E-state index in [1.54, 1.807) is 6.92 Å². The lowest BCUT2D eigenvalue weighted by atomic mass is 10.2. The topological polar surface area (TPSA) is 95.1 Å². The average molecular weight is 411 g/mol. The number of nitro benzene ring substituents is 1. The van der Waals surface area contributed by atoms with Crippen molar-refractivity contribution < 1.29 is 26.5 Å². The van der Waals surface area contributed by atoms with Crippen LogP contribution in [0.2, 0.25) is 0 Å². The number of hydrogen-bond acceptors (Lipinski definition) is 5. The summed E-state index contributed by atoms with van der Waals surface area (Å²) in [6.07, 6.45) is -4.31. The van der Waals surface area contributed by atoms with Crippen LogP contribution in [0.1, 0.15) is 11.3 Å². The normalized spacial score (nSPS) is 12.1. The van der Waals surface area contributed by atoms with E-state index in [-0.39, 0.29) is 16.3 Å². The number of aryl methyl sites for hydroxylation is 1. The molecule has 3 aromatic rings. The van der Waals surface area contributed by atoms with E-state index in [0.29, 0.717) is 4.57 Å². The van der Waals surface area contributed by atoms with Crippen LogP contribution in [0.5, 0.6) is 0 Å². The Balaban J connectivity index is 2.19. The number of benzene rings is 2. The Hall–Kier alpha value is -3.21. The number of aromatic nitrogens is 2. The van der Waals surface area contributed by atoms with Crippen molar-refractivity contribution in [2.45, 2.75) is 23.0 Å². The molecule has 0 saturated heterocycles. The van der Waals surface area contributed by atoms with Gasteiger partial charge in [-0.05, 0) is 31.2 Å². The van der Waals surface area contributed by atoms with E-state index in [0.717, 1.165) is 36.2 Å². The Bertz CT molecular complexity index is 1140. The van der Waals surface area contributed by atoms with Crippen LogP contribution in [-0.4, -0.2) is 22.9 Å². The third-order valence-corrected chi connectivity index (χ3v) is 5.63. The first-order valence-corrected chi connectivity index (χ1v) is 9.21. The highest BCUT2D eigenvalue weighted by Crippen LogP contribution is 2.37. The van der Waals surface area contributed by atoms with Gasteiger partial charge in [-0.1, -0.05) is 17.7 Å². The molecular weight excluding hydrogens is 399 g/mol. The first-order valence-electron chi connectivity index (χ1n) is 7.73. The number of hydrogen-bond donors (Lipinski definition) is 0. The highest BCUT2D eigenvalue weighted by Gasteiger charge is 2.43. The second kappa shape index (κ2) is 6.75. The van der Waals surface area contributed by atoms with Gasteiger partial charge in [0.05, 0.1) is 9.82 Å². The minimum Gasteiger partial charge on any atom is -0.294 e. The van der Waals surface area contributed by atoms with Gasteiger partial charge < -0.3 is 0 Å². The van der Waals surface area contributed by atoms with Crippen molar-refractivity contribution >= 4 is 15.5 Å². The molecule has 28 heavy (non-hydrogen) atoms. The van der Waals surface area contributed by atoms with Gasteiger partial charge in [-0.15, -0.1) is 0 Å². The van der Waals surface area contributed by atoms with Crippen LogP contribution < -0.4 is 0 Å². The van der Waals surface area contributed by atoms with E-state index >= 15 is 0 Å². The Morgan fingerprint density at radius 3 is 2.11 bits per heavy atom. The number of imidazole rings is 1. The Morgan fingerprint density at radius 1 is 1.04 bits per heavy atom. The lowest BCUT2D eigenvalue weighted by molar-refractivity contribution is -0.384. The quantitative estimate of drug-likeness (QED) is 0.479. The number of rotatable bonds is 4. The number of non-ortho nitro benzene ring substituents is 1. The molecule has 0 fully saturated rings. The fourth-order valence-electron chi connectivity index (χ4n) is 2.55. The van der Waals surface area contributed by atoms with Gasteiger partial charge in [0.1, 0.15) is 6.33 Å². The molecule has 0 N–H and O–H groups in total. The predicted octanol–water partition coefficient (Wildman–Crippen LogP) is 3.94. The summed E-state index contributed by atoms with van der Waals surface area (Å²) in [6.45, 7) is 1.71. The van der Waals surface area contributed by atoms with Crippen LogP contribution in [0, 0.1) is 17.0 Å². The molecule has 11 heteroatoms. The van der Waals surface area contributed by atoms with Crippen LogP contribution in [0.25, 0.3) is 5.69 Å². The molecule has 0 amide bonds. The van der Waals surface area contributed by atoms with Crippen molar-refractivity contribution in [3.8, 4) is 5.69 Å². The molecule has 0 bridgehead atoms. The molecule has 2 aromatic carbocycles. The molecule has 0 unspecified atom stereocenters. The summed E-state index contributed by atoms with van der Waals surface area (Å²) in [7, 11) is -4.54. The van der Waals surface area contributed by atoms with Crippen LogP contribution in [0.4, 0.5) is 18.9 Å². The molecule has 0 atom stereocenters. The summed E-state index contributed by atoms with van der Waals surface area (Å²) in [5.41, 5.74) is -1.17. The van der Waals surface area contributed by atoms with Gasteiger partial charge in [0.2, 0.25) is 9.84 Å². The van der Waals surface area contributed by atoms with Gasteiger partial charge >= 0.3 is 6.18 Å². The summed E-state index contributed by atoms with van der Waals surface area (Å²) in [4.78, 5) is 13.2. The van der Waals surface area contributed by atoms with Crippen molar-refractivity contribution in [2.24, 2.45) is 0 Å². The van der Waals surface area contributed by atoms with E-state index in [1.807, 2.05) is 0 Å². The zero-order valence-corrected chi connectivity index (χ0v) is 15.0. The number of nitro groups is 1. The van der Waals surface area contributed by atoms with E-state index in [1.165, 1.54) is 24.3 Å². The SMILES string of the molecule is Cc1ccc(S(=O)(=O)c2ncn(-c3ccc([N+](=O)[O-])cc3)c2C(F)(F)F)cc1. The molecule has 1 aromatic heterocycles. The van der Waals surface area contributed by atoms with Crippen molar-refractivity contribution in [3.63, 3.8) is 0 Å². The number of alkyl halides is 3. The first-order chi connectivity index (χ1) is 13.0. The van der Waals surface area contributed by atoms with E-state index in [4.69, 9.17) is 0 Å². The summed E-state index contributed by atoms with van der Waals surface area (Å²) >= 11 is 0. The van der Waals surface area contributed by atoms with Crippen LogP contribution >= 0.6 is 0 Å². The second-order valence-electron chi connectivity index (χ2n) is 5.86. The maximum atomic E-state index is 13.7. The van der Waals surface area contributed by atoms with Gasteiger partial charge in [0.15, 0.2) is 10.7 Å². The fourth-order valence-corrected chi connectivity index (χ4v) is 3.92. The molecule has 0 radical (unpaired) electrons. The number of sulfone groups is 1. The van der Waals surface area contributed by atoms with E-state index < -0.39 is 31.7 Å². The van der Waals surface area contributed by atoms with E-state index in [9.17, 15) is 31.7 Å². The zero-order chi connectivity index (χ0) is 20.7. The molecule has 0 aliphatic heterocycles. The third kappa shape index (κ3) is 3.48. The van der Waals surface area contributed by atoms with Crippen molar-refractivity contribution in [3.05, 3.63) is 76.2 Å². The van der Waals surface area contributed by atoms with Crippen molar-refractivity contribution in [2.75, 3.05) is 0 Å². The number of nitrogens with zero attached hydrogens (tertiary/aromatic N) is 3. The van der Waals surface area contributed by atoms with Crippen LogP contribution in [-0.2, 0) is 16.0 Å². The van der Waals surface area contributed by atoms with Gasteiger partial charge in [-0.25, -0.2) is 13.4 Å². The molecule has 146 valence electrons. The van der Waals surface area contributed by atoms with Gasteiger partial charge in [0.25, 0.3) is 5.69 Å². The smallest absolute Gasteiger partial charge is 0.294 e. The van der Waals surface area contributed by atoms with E-state index in [2.05, 4.69) is 4.98 Å². The minimum atomic E-state index is -5.04. The molecule has 0 spiro atoms. The van der Waals surface area contributed by atoms with Gasteiger partial charge in [-0.2, -0.15) is 13.2 Å². The lowest BCUT2D eigenvalue weighted by Gasteiger charge is -2.13. The fraction of sp³-hybridized carbons (Fsp3) is 0.118. The Kier molecular flexibility index (Phi) is 4.71. The highest BCUT2D eigenvalue weighted by molar-refractivity contribution is 7.91. The molecule has 0 saturated carbocycles. The Labute approximate surface area is 157 Å². The summed E-state index contributed by atoms with van der Waals surface area (Å²) in [5.74, 6) is 0. The molecule has 0 aliphatic carbocycles. The van der Waals surface area contributed by atoms with Crippen LogP contribution in [0.15, 0.2) is 64.8 Å². The number of halogens is 3. The second-order valence-corrected chi connectivity index (χ2v) is 7.72. The standard InChI is InChI=1S/C17H12F3N3O4S/c1-11-2-8-14(9-3-11)28(26,27)16-15(17(18,19)20)22(10-21-16)12-4-6-13(7-5-12)23(24)25/h2-10H,1H3. The van der Waals surface area contributed by atoms with Crippen molar-refractivity contribution in [1.82, 2.24) is 9.55 Å². The maximum Gasteiger partial charge on any atom is 0.434 e. The molecule has 0 aliphatic rings. The molecule has 1 heterocycles. The predicted molar refractivity (Wildman–Crippen MR) is 91.9 cm³/mol. The largest absolute Gasteiger partial charge is 0.434 e. The first kappa shape index (κ1) is 19.5. The summed E-state index contributed by atoms with van der Waals surface area (Å²) in [5, 5.41) is 9.58. The van der Waals surface area contributed by atoms with Crippen molar-refractivity contribution in [1.29, 1.82) is 0 Å². The molecule has 7 nitrogen and oxygen atoms in total. The average Bonchev–Trinajstić information content (AvgIpc) is 3.08. The molecule has 3 rings (SSSR count). The maximum absolute atomic E-state index is 13.7. The molecular formula is C17H12F3N3O4S. The van der Waals surface area contributed by atoms with Gasteiger partial charge in [0, 0.05) is 17.8 Å². The third-order valence-electron chi connectivity index (χ3n) is 3.93. The Morgan fingerprint density at radius 2 is 1.61 bits per heavy atom. The zero-order valence-electron chi connectivity index (χ0n) is 14.2. The minimum absolute atomic E-state index is 0.115. The highest BCUT2D eigenvalue weighted by atomic mass is 32.2. The summed E-state index contributed by atoms with van der Waals surface area (Å²) in [6, 6.07) is 9.54. The van der Waals surface area contributed by atoms with Gasteiger partial charge in [-0.3, -0.25) is 14.7 Å². The monoisotopic (exact) mass is 411 g/mol. The lowest BCUT2D eigenvalue weighted by Crippen LogP contribution is -2.17.